The molecule has 0 bridgehead atoms. The summed E-state index contributed by atoms with van der Waals surface area (Å²) in [6, 6.07) is 7.70. The number of benzene rings is 1. The maximum Gasteiger partial charge on any atom is 0.407 e. The topological polar surface area (TPSA) is 151 Å². The SMILES string of the molecule is CCOC(=O)[C@@H](C)C[C@@H](NC(=O)C[C@@H](O)CNC(=O)OCc1ccccc1)C(=O)O. The van der Waals surface area contributed by atoms with Gasteiger partial charge in [-0.25, -0.2) is 9.59 Å². The summed E-state index contributed by atoms with van der Waals surface area (Å²) in [6.07, 6.45) is -2.59. The summed E-state index contributed by atoms with van der Waals surface area (Å²) in [7, 11) is 0. The smallest absolute Gasteiger partial charge is 0.407 e. The van der Waals surface area contributed by atoms with Crippen molar-refractivity contribution in [3.05, 3.63) is 35.9 Å². The maximum absolute atomic E-state index is 12.0. The Kier molecular flexibility index (Phi) is 10.9. The van der Waals surface area contributed by atoms with Crippen LogP contribution in [0.4, 0.5) is 4.79 Å². The average Bonchev–Trinajstić information content (AvgIpc) is 2.70. The molecule has 0 fully saturated rings. The molecule has 4 N–H and O–H groups in total. The van der Waals surface area contributed by atoms with Crippen LogP contribution in [0.2, 0.25) is 0 Å². The molecule has 2 amide bonds. The molecular weight excluding hydrogens is 396 g/mol. The normalized spacial score (nSPS) is 13.4. The minimum absolute atomic E-state index is 0.0577. The highest BCUT2D eigenvalue weighted by Crippen LogP contribution is 2.09. The van der Waals surface area contributed by atoms with E-state index in [2.05, 4.69) is 10.6 Å². The van der Waals surface area contributed by atoms with Crippen LogP contribution in [0, 0.1) is 5.92 Å². The van der Waals surface area contributed by atoms with Gasteiger partial charge in [0.2, 0.25) is 5.91 Å². The molecule has 10 nitrogen and oxygen atoms in total. The van der Waals surface area contributed by atoms with Crippen molar-refractivity contribution < 1.29 is 38.9 Å². The van der Waals surface area contributed by atoms with Crippen LogP contribution in [0.5, 0.6) is 0 Å². The fraction of sp³-hybridized carbons (Fsp3) is 0.500. The highest BCUT2D eigenvalue weighted by Gasteiger charge is 2.27. The zero-order valence-electron chi connectivity index (χ0n) is 17.0. The predicted molar refractivity (Wildman–Crippen MR) is 105 cm³/mol. The number of carbonyl (C=O) groups excluding carboxylic acids is 3. The molecule has 0 aliphatic heterocycles. The summed E-state index contributed by atoms with van der Waals surface area (Å²) < 4.78 is 9.80. The summed E-state index contributed by atoms with van der Waals surface area (Å²) in [5, 5.41) is 23.7. The van der Waals surface area contributed by atoms with Crippen molar-refractivity contribution in [2.45, 2.75) is 45.4 Å². The molecule has 10 heteroatoms. The molecule has 30 heavy (non-hydrogen) atoms. The fourth-order valence-electron chi connectivity index (χ4n) is 2.47. The number of carboxylic acid groups (broad SMARTS) is 1. The highest BCUT2D eigenvalue weighted by molar-refractivity contribution is 5.84. The third-order valence-corrected chi connectivity index (χ3v) is 4.03. The molecule has 0 saturated carbocycles. The van der Waals surface area contributed by atoms with Crippen molar-refractivity contribution in [2.24, 2.45) is 5.92 Å². The molecule has 0 unspecified atom stereocenters. The molecule has 0 spiro atoms. The Balaban J connectivity index is 2.37. The lowest BCUT2D eigenvalue weighted by atomic mass is 10.0. The van der Waals surface area contributed by atoms with Crippen LogP contribution in [0.25, 0.3) is 0 Å². The molecule has 1 rings (SSSR count). The highest BCUT2D eigenvalue weighted by atomic mass is 16.5. The first-order valence-corrected chi connectivity index (χ1v) is 9.54. The maximum atomic E-state index is 12.0. The van der Waals surface area contributed by atoms with E-state index < -0.39 is 48.4 Å². The monoisotopic (exact) mass is 424 g/mol. The minimum atomic E-state index is -1.31. The quantitative estimate of drug-likeness (QED) is 0.360. The van der Waals surface area contributed by atoms with Crippen LogP contribution in [-0.4, -0.2) is 59.4 Å². The third kappa shape index (κ3) is 9.87. The van der Waals surface area contributed by atoms with E-state index in [4.69, 9.17) is 9.47 Å². The van der Waals surface area contributed by atoms with Gasteiger partial charge in [0.05, 0.1) is 25.0 Å². The number of aliphatic carboxylic acids is 1. The Morgan fingerprint density at radius 2 is 1.77 bits per heavy atom. The molecule has 0 radical (unpaired) electrons. The first-order chi connectivity index (χ1) is 14.2. The Labute approximate surface area is 174 Å². The second-order valence-electron chi connectivity index (χ2n) is 6.65. The fourth-order valence-corrected chi connectivity index (χ4v) is 2.47. The number of esters is 1. The zero-order valence-corrected chi connectivity index (χ0v) is 17.0. The van der Waals surface area contributed by atoms with E-state index in [1.165, 1.54) is 6.92 Å². The van der Waals surface area contributed by atoms with Crippen LogP contribution in [0.1, 0.15) is 32.3 Å². The van der Waals surface area contributed by atoms with Crippen molar-refractivity contribution in [3.63, 3.8) is 0 Å². The first-order valence-electron chi connectivity index (χ1n) is 9.54. The Morgan fingerprint density at radius 3 is 2.37 bits per heavy atom. The number of aliphatic hydroxyl groups is 1. The predicted octanol–water partition coefficient (Wildman–Crippen LogP) is 0.823. The van der Waals surface area contributed by atoms with Crippen molar-refractivity contribution >= 4 is 23.9 Å². The van der Waals surface area contributed by atoms with Crippen LogP contribution < -0.4 is 10.6 Å². The van der Waals surface area contributed by atoms with Crippen molar-refractivity contribution in [1.29, 1.82) is 0 Å². The Bertz CT molecular complexity index is 710. The van der Waals surface area contributed by atoms with E-state index in [0.29, 0.717) is 0 Å². The van der Waals surface area contributed by atoms with E-state index >= 15 is 0 Å². The van der Waals surface area contributed by atoms with Gasteiger partial charge in [0.1, 0.15) is 12.6 Å². The second-order valence-corrected chi connectivity index (χ2v) is 6.65. The average molecular weight is 424 g/mol. The largest absolute Gasteiger partial charge is 0.480 e. The molecule has 0 aliphatic rings. The number of carboxylic acids is 1. The van der Waals surface area contributed by atoms with Crippen LogP contribution >= 0.6 is 0 Å². The molecule has 1 aromatic rings. The van der Waals surface area contributed by atoms with Gasteiger partial charge in [0.25, 0.3) is 0 Å². The lowest BCUT2D eigenvalue weighted by Gasteiger charge is -2.19. The first kappa shape index (κ1) is 24.9. The number of hydrogen-bond acceptors (Lipinski definition) is 7. The van der Waals surface area contributed by atoms with Gasteiger partial charge in [-0.15, -0.1) is 0 Å². The van der Waals surface area contributed by atoms with Gasteiger partial charge in [-0.1, -0.05) is 37.3 Å². The number of hydrogen-bond donors (Lipinski definition) is 4. The molecule has 0 heterocycles. The number of aliphatic hydroxyl groups excluding tert-OH is 1. The van der Waals surface area contributed by atoms with Gasteiger partial charge in [-0.05, 0) is 18.9 Å². The van der Waals surface area contributed by atoms with Gasteiger partial charge in [-0.3, -0.25) is 9.59 Å². The number of ether oxygens (including phenoxy) is 2. The van der Waals surface area contributed by atoms with Crippen molar-refractivity contribution in [2.75, 3.05) is 13.2 Å². The molecule has 0 aromatic heterocycles. The zero-order chi connectivity index (χ0) is 22.5. The number of carbonyl (C=O) groups is 4. The van der Waals surface area contributed by atoms with Gasteiger partial charge in [-0.2, -0.15) is 0 Å². The summed E-state index contributed by atoms with van der Waals surface area (Å²) in [4.78, 5) is 46.6. The Morgan fingerprint density at radius 1 is 1.10 bits per heavy atom. The standard InChI is InChI=1S/C20H28N2O8/c1-3-29-19(27)13(2)9-16(18(25)26)22-17(24)10-15(23)11-21-20(28)30-12-14-7-5-4-6-8-14/h4-8,13,15-16,23H,3,9-12H2,1-2H3,(H,21,28)(H,22,24)(H,25,26)/t13-,15+,16+/m0/s1. The summed E-state index contributed by atoms with van der Waals surface area (Å²) >= 11 is 0. The van der Waals surface area contributed by atoms with Gasteiger partial charge in [0, 0.05) is 6.54 Å². The summed E-state index contributed by atoms with van der Waals surface area (Å²) in [5.74, 6) is -3.32. The van der Waals surface area contributed by atoms with Crippen molar-refractivity contribution in [1.82, 2.24) is 10.6 Å². The summed E-state index contributed by atoms with van der Waals surface area (Å²) in [6.45, 7) is 3.11. The van der Waals surface area contributed by atoms with E-state index in [1.54, 1.807) is 31.2 Å². The van der Waals surface area contributed by atoms with Crippen molar-refractivity contribution in [3.8, 4) is 0 Å². The van der Waals surface area contributed by atoms with E-state index in [9.17, 15) is 29.4 Å². The van der Waals surface area contributed by atoms with Crippen LogP contribution in [-0.2, 0) is 30.5 Å². The summed E-state index contributed by atoms with van der Waals surface area (Å²) in [5.41, 5.74) is 0.796. The lowest BCUT2D eigenvalue weighted by Crippen LogP contribution is -2.44. The van der Waals surface area contributed by atoms with E-state index in [0.717, 1.165) is 5.56 Å². The van der Waals surface area contributed by atoms with Crippen LogP contribution in [0.15, 0.2) is 30.3 Å². The van der Waals surface area contributed by atoms with Gasteiger partial charge < -0.3 is 30.3 Å². The third-order valence-electron chi connectivity index (χ3n) is 4.03. The van der Waals surface area contributed by atoms with Gasteiger partial charge in [0.15, 0.2) is 0 Å². The number of alkyl carbamates (subject to hydrolysis) is 1. The van der Waals surface area contributed by atoms with Crippen LogP contribution in [0.3, 0.4) is 0 Å². The van der Waals surface area contributed by atoms with Gasteiger partial charge >= 0.3 is 18.0 Å². The molecule has 166 valence electrons. The lowest BCUT2D eigenvalue weighted by molar-refractivity contribution is -0.149. The molecule has 1 aromatic carbocycles. The Hall–Kier alpha value is -3.14. The second kappa shape index (κ2) is 13.2. The van der Waals surface area contributed by atoms with E-state index in [1.807, 2.05) is 6.07 Å². The molecular formula is C20H28N2O8. The molecule has 3 atom stereocenters. The minimum Gasteiger partial charge on any atom is -0.480 e. The molecule has 0 saturated heterocycles. The number of rotatable bonds is 12. The number of nitrogens with one attached hydrogen (secondary N) is 2. The molecule has 0 aliphatic carbocycles. The number of amides is 2. The van der Waals surface area contributed by atoms with E-state index in [-0.39, 0.29) is 26.2 Å².